The standard InChI is InChI=1S/C22H22ClN3O4S2/c1-15-4-5-16(23)13-20(15)26-10-8-25(9-11-26)19-7-6-17(14-18(19)22(27)28)24-32(29,30)21-3-2-12-31-21/h2-7,12-14,24H,8-11H2,1H3,(H,27,28). The average Bonchev–Trinajstić information content (AvgIpc) is 3.31. The second-order valence-electron chi connectivity index (χ2n) is 7.48. The summed E-state index contributed by atoms with van der Waals surface area (Å²) in [4.78, 5) is 16.2. The van der Waals surface area contributed by atoms with Crippen molar-refractivity contribution in [3.8, 4) is 0 Å². The van der Waals surface area contributed by atoms with Crippen molar-refractivity contribution in [2.45, 2.75) is 11.1 Å². The molecule has 0 atom stereocenters. The first-order valence-corrected chi connectivity index (χ1v) is 12.7. The molecule has 4 rings (SSSR count). The Morgan fingerprint density at radius 2 is 1.72 bits per heavy atom. The Morgan fingerprint density at radius 1 is 1.03 bits per heavy atom. The van der Waals surface area contributed by atoms with E-state index in [0.717, 1.165) is 22.6 Å². The van der Waals surface area contributed by atoms with Crippen LogP contribution in [0.4, 0.5) is 17.1 Å². The Hall–Kier alpha value is -2.75. The number of hydrogen-bond acceptors (Lipinski definition) is 6. The molecule has 32 heavy (non-hydrogen) atoms. The van der Waals surface area contributed by atoms with Crippen LogP contribution in [0.3, 0.4) is 0 Å². The summed E-state index contributed by atoms with van der Waals surface area (Å²) in [6.45, 7) is 4.73. The van der Waals surface area contributed by atoms with Gasteiger partial charge in [-0.05, 0) is 54.3 Å². The quantitative estimate of drug-likeness (QED) is 0.526. The fourth-order valence-corrected chi connectivity index (χ4v) is 5.99. The molecule has 1 aliphatic rings. The van der Waals surface area contributed by atoms with Crippen molar-refractivity contribution < 1.29 is 18.3 Å². The van der Waals surface area contributed by atoms with Crippen molar-refractivity contribution >= 4 is 56.0 Å². The summed E-state index contributed by atoms with van der Waals surface area (Å²) in [5.74, 6) is -1.11. The maximum Gasteiger partial charge on any atom is 0.337 e. The van der Waals surface area contributed by atoms with Crippen LogP contribution in [-0.4, -0.2) is 45.7 Å². The van der Waals surface area contributed by atoms with Crippen molar-refractivity contribution in [2.24, 2.45) is 0 Å². The molecule has 1 aromatic heterocycles. The highest BCUT2D eigenvalue weighted by Gasteiger charge is 2.24. The molecule has 0 unspecified atom stereocenters. The molecule has 0 radical (unpaired) electrons. The van der Waals surface area contributed by atoms with Gasteiger partial charge in [-0.3, -0.25) is 4.72 Å². The number of benzene rings is 2. The number of halogens is 1. The number of carboxylic acid groups (broad SMARTS) is 1. The predicted octanol–water partition coefficient (Wildman–Crippen LogP) is 4.54. The number of aromatic carboxylic acids is 1. The van der Waals surface area contributed by atoms with Gasteiger partial charge in [-0.1, -0.05) is 23.7 Å². The highest BCUT2D eigenvalue weighted by molar-refractivity contribution is 7.94. The molecule has 0 saturated carbocycles. The van der Waals surface area contributed by atoms with E-state index in [2.05, 4.69) is 9.62 Å². The van der Waals surface area contributed by atoms with Crippen LogP contribution in [0, 0.1) is 6.92 Å². The molecule has 2 aromatic carbocycles. The Kier molecular flexibility index (Phi) is 6.32. The van der Waals surface area contributed by atoms with Crippen LogP contribution in [0.15, 0.2) is 58.1 Å². The zero-order chi connectivity index (χ0) is 22.9. The summed E-state index contributed by atoms with van der Waals surface area (Å²) in [6, 6.07) is 13.6. The molecule has 0 aliphatic carbocycles. The fourth-order valence-electron chi connectivity index (χ4n) is 3.78. The molecule has 2 N–H and O–H groups in total. The SMILES string of the molecule is Cc1ccc(Cl)cc1N1CCN(c2ccc(NS(=O)(=O)c3cccs3)cc2C(=O)O)CC1. The van der Waals surface area contributed by atoms with Gasteiger partial charge in [0.05, 0.1) is 11.3 Å². The van der Waals surface area contributed by atoms with E-state index in [1.54, 1.807) is 23.6 Å². The first-order chi connectivity index (χ1) is 15.2. The number of piperazine rings is 1. The third-order valence-electron chi connectivity index (χ3n) is 5.37. The lowest BCUT2D eigenvalue weighted by molar-refractivity contribution is 0.0697. The number of anilines is 3. The zero-order valence-corrected chi connectivity index (χ0v) is 19.7. The molecule has 0 bridgehead atoms. The Labute approximate surface area is 195 Å². The first kappa shape index (κ1) is 22.4. The summed E-state index contributed by atoms with van der Waals surface area (Å²) in [5.41, 5.74) is 3.06. The van der Waals surface area contributed by atoms with Gasteiger partial charge in [0.1, 0.15) is 4.21 Å². The highest BCUT2D eigenvalue weighted by Crippen LogP contribution is 2.30. The minimum atomic E-state index is -3.75. The van der Waals surface area contributed by atoms with Gasteiger partial charge in [0.2, 0.25) is 0 Å². The van der Waals surface area contributed by atoms with Crippen LogP contribution in [0.2, 0.25) is 5.02 Å². The van der Waals surface area contributed by atoms with Crippen molar-refractivity contribution in [2.75, 3.05) is 40.7 Å². The van der Waals surface area contributed by atoms with Gasteiger partial charge in [0.15, 0.2) is 0 Å². The molecule has 1 fully saturated rings. The summed E-state index contributed by atoms with van der Waals surface area (Å²) < 4.78 is 27.6. The van der Waals surface area contributed by atoms with E-state index in [1.807, 2.05) is 30.0 Å². The number of carbonyl (C=O) groups is 1. The van der Waals surface area contributed by atoms with Gasteiger partial charge in [-0.2, -0.15) is 0 Å². The van der Waals surface area contributed by atoms with Crippen molar-refractivity contribution in [3.63, 3.8) is 0 Å². The van der Waals surface area contributed by atoms with E-state index in [-0.39, 0.29) is 15.5 Å². The lowest BCUT2D eigenvalue weighted by Gasteiger charge is -2.38. The molecule has 3 aromatic rings. The third kappa shape index (κ3) is 4.69. The second kappa shape index (κ2) is 9.01. The summed E-state index contributed by atoms with van der Waals surface area (Å²) in [6.07, 6.45) is 0. The molecular weight excluding hydrogens is 470 g/mol. The van der Waals surface area contributed by atoms with Gasteiger partial charge in [-0.15, -0.1) is 11.3 Å². The highest BCUT2D eigenvalue weighted by atomic mass is 35.5. The number of hydrogen-bond donors (Lipinski definition) is 2. The third-order valence-corrected chi connectivity index (χ3v) is 8.39. The topological polar surface area (TPSA) is 90.0 Å². The van der Waals surface area contributed by atoms with E-state index in [0.29, 0.717) is 36.9 Å². The minimum Gasteiger partial charge on any atom is -0.478 e. The Balaban J connectivity index is 1.53. The molecule has 2 heterocycles. The number of carboxylic acids is 1. The summed E-state index contributed by atoms with van der Waals surface area (Å²) >= 11 is 7.26. The van der Waals surface area contributed by atoms with Crippen LogP contribution >= 0.6 is 22.9 Å². The van der Waals surface area contributed by atoms with Crippen LogP contribution in [0.1, 0.15) is 15.9 Å². The van der Waals surface area contributed by atoms with E-state index >= 15 is 0 Å². The van der Waals surface area contributed by atoms with Crippen molar-refractivity contribution in [3.05, 3.63) is 70.1 Å². The lowest BCUT2D eigenvalue weighted by Crippen LogP contribution is -2.47. The minimum absolute atomic E-state index is 0.0590. The number of thiophene rings is 1. The number of nitrogens with zero attached hydrogens (tertiary/aromatic N) is 2. The lowest BCUT2D eigenvalue weighted by atomic mass is 10.1. The van der Waals surface area contributed by atoms with Crippen LogP contribution in [0.5, 0.6) is 0 Å². The molecule has 168 valence electrons. The second-order valence-corrected chi connectivity index (χ2v) is 10.8. The molecule has 1 aliphatic heterocycles. The number of aryl methyl sites for hydroxylation is 1. The first-order valence-electron chi connectivity index (χ1n) is 9.94. The molecule has 0 spiro atoms. The monoisotopic (exact) mass is 491 g/mol. The fraction of sp³-hybridized carbons (Fsp3) is 0.227. The maximum absolute atomic E-state index is 12.5. The van der Waals surface area contributed by atoms with E-state index in [4.69, 9.17) is 11.6 Å². The van der Waals surface area contributed by atoms with Gasteiger partial charge < -0.3 is 14.9 Å². The van der Waals surface area contributed by atoms with E-state index in [1.165, 1.54) is 12.1 Å². The van der Waals surface area contributed by atoms with Gasteiger partial charge >= 0.3 is 5.97 Å². The van der Waals surface area contributed by atoms with E-state index in [9.17, 15) is 18.3 Å². The van der Waals surface area contributed by atoms with Gasteiger partial charge in [-0.25, -0.2) is 13.2 Å². The zero-order valence-electron chi connectivity index (χ0n) is 17.3. The van der Waals surface area contributed by atoms with Crippen molar-refractivity contribution in [1.29, 1.82) is 0 Å². The van der Waals surface area contributed by atoms with Crippen LogP contribution in [0.25, 0.3) is 0 Å². The normalized spacial score (nSPS) is 14.4. The summed E-state index contributed by atoms with van der Waals surface area (Å²) in [5, 5.41) is 12.1. The number of sulfonamides is 1. The molecular formula is C22H22ClN3O4S2. The Bertz CT molecular complexity index is 1240. The number of nitrogens with one attached hydrogen (secondary N) is 1. The smallest absolute Gasteiger partial charge is 0.337 e. The van der Waals surface area contributed by atoms with Crippen LogP contribution in [-0.2, 0) is 10.0 Å². The number of rotatable bonds is 6. The molecule has 1 saturated heterocycles. The molecule has 0 amide bonds. The summed E-state index contributed by atoms with van der Waals surface area (Å²) in [7, 11) is -3.75. The van der Waals surface area contributed by atoms with Crippen molar-refractivity contribution in [1.82, 2.24) is 0 Å². The maximum atomic E-state index is 12.5. The molecule has 7 nitrogen and oxygen atoms in total. The van der Waals surface area contributed by atoms with E-state index < -0.39 is 16.0 Å². The largest absolute Gasteiger partial charge is 0.478 e. The van der Waals surface area contributed by atoms with Gasteiger partial charge in [0, 0.05) is 42.6 Å². The average molecular weight is 492 g/mol. The Morgan fingerprint density at radius 3 is 2.34 bits per heavy atom. The predicted molar refractivity (Wildman–Crippen MR) is 129 cm³/mol. The van der Waals surface area contributed by atoms with Crippen LogP contribution < -0.4 is 14.5 Å². The molecule has 10 heteroatoms. The van der Waals surface area contributed by atoms with Gasteiger partial charge in [0.25, 0.3) is 10.0 Å².